The monoisotopic (exact) mass is 421 g/mol. The number of carbonyl (C=O) groups is 3. The van der Waals surface area contributed by atoms with E-state index in [-0.39, 0.29) is 10.6 Å². The van der Waals surface area contributed by atoms with Crippen molar-refractivity contribution in [3.8, 4) is 0 Å². The van der Waals surface area contributed by atoms with E-state index >= 15 is 0 Å². The van der Waals surface area contributed by atoms with Crippen molar-refractivity contribution in [3.63, 3.8) is 0 Å². The van der Waals surface area contributed by atoms with Crippen LogP contribution in [0.5, 0.6) is 0 Å². The average Bonchev–Trinajstić information content (AvgIpc) is 2.62. The van der Waals surface area contributed by atoms with Crippen LogP contribution in [0.3, 0.4) is 0 Å². The molecule has 0 fully saturated rings. The molecule has 1 atom stereocenters. The number of nitrogens with zero attached hydrogens (tertiary/aromatic N) is 3. The molecule has 9 heteroatoms. The minimum atomic E-state index is -3.62. The van der Waals surface area contributed by atoms with Crippen molar-refractivity contribution in [2.75, 3.05) is 11.9 Å². The van der Waals surface area contributed by atoms with E-state index < -0.39 is 27.8 Å². The zero-order valence-corrected chi connectivity index (χ0v) is 17.5. The van der Waals surface area contributed by atoms with Gasteiger partial charge in [-0.2, -0.15) is 0 Å². The van der Waals surface area contributed by atoms with Gasteiger partial charge in [0.1, 0.15) is 0 Å². The zero-order chi connectivity index (χ0) is 21.1. The Hall–Kier alpha value is -2.71. The fourth-order valence-corrected chi connectivity index (χ4v) is 4.13. The maximum Gasteiger partial charge on any atom is 0.364 e. The number of urea groups is 1. The van der Waals surface area contributed by atoms with E-state index in [2.05, 4.69) is 4.36 Å². The molecule has 0 saturated carbocycles. The van der Waals surface area contributed by atoms with Crippen molar-refractivity contribution >= 4 is 45.0 Å². The number of halogens is 1. The van der Waals surface area contributed by atoms with Crippen LogP contribution in [0.4, 0.5) is 10.5 Å². The number of anilines is 1. The van der Waals surface area contributed by atoms with Crippen molar-refractivity contribution in [1.29, 1.82) is 0 Å². The molecule has 0 aliphatic carbocycles. The van der Waals surface area contributed by atoms with Gasteiger partial charge in [-0.25, -0.2) is 13.9 Å². The Morgan fingerprint density at radius 3 is 1.93 bits per heavy atom. The van der Waals surface area contributed by atoms with Gasteiger partial charge in [0, 0.05) is 25.9 Å². The van der Waals surface area contributed by atoms with Crippen molar-refractivity contribution in [2.24, 2.45) is 4.36 Å². The zero-order valence-electron chi connectivity index (χ0n) is 15.9. The van der Waals surface area contributed by atoms with Gasteiger partial charge in [-0.05, 0) is 43.3 Å². The molecule has 4 amide bonds. The van der Waals surface area contributed by atoms with Crippen LogP contribution in [0, 0.1) is 6.92 Å². The maximum atomic E-state index is 13.6. The first-order valence-corrected chi connectivity index (χ1v) is 10.1. The number of benzene rings is 2. The van der Waals surface area contributed by atoms with Crippen molar-refractivity contribution in [3.05, 3.63) is 59.1 Å². The van der Waals surface area contributed by atoms with Gasteiger partial charge in [0.15, 0.2) is 9.92 Å². The topological polar surface area (TPSA) is 87.1 Å². The Balaban J connectivity index is 2.63. The molecular formula is C19H20ClN3O4S. The summed E-state index contributed by atoms with van der Waals surface area (Å²) in [7, 11) is -2.32. The van der Waals surface area contributed by atoms with Gasteiger partial charge in [-0.3, -0.25) is 13.9 Å². The first-order chi connectivity index (χ1) is 13.1. The Labute approximate surface area is 169 Å². The summed E-state index contributed by atoms with van der Waals surface area (Å²) in [6, 6.07) is 11.4. The van der Waals surface area contributed by atoms with Crippen molar-refractivity contribution in [2.45, 2.75) is 25.7 Å². The first kappa shape index (κ1) is 21.6. The second-order valence-corrected chi connectivity index (χ2v) is 8.66. The average molecular weight is 422 g/mol. The predicted octanol–water partition coefficient (Wildman–Crippen LogP) is 4.04. The lowest BCUT2D eigenvalue weighted by molar-refractivity contribution is -0.123. The van der Waals surface area contributed by atoms with Crippen LogP contribution in [-0.2, 0) is 19.5 Å². The Kier molecular flexibility index (Phi) is 6.58. The van der Waals surface area contributed by atoms with Gasteiger partial charge < -0.3 is 0 Å². The molecule has 0 radical (unpaired) electrons. The summed E-state index contributed by atoms with van der Waals surface area (Å²) in [4.78, 5) is 37.8. The molecule has 7 nitrogen and oxygen atoms in total. The molecule has 2 aromatic rings. The van der Waals surface area contributed by atoms with Crippen LogP contribution in [0.1, 0.15) is 19.4 Å². The third-order valence-electron chi connectivity index (χ3n) is 3.94. The van der Waals surface area contributed by atoms with E-state index in [1.54, 1.807) is 12.1 Å². The predicted molar refractivity (Wildman–Crippen MR) is 108 cm³/mol. The van der Waals surface area contributed by atoms with E-state index in [1.807, 2.05) is 6.92 Å². The number of hydrogen-bond donors (Lipinski definition) is 0. The molecule has 0 saturated heterocycles. The second-order valence-electron chi connectivity index (χ2n) is 6.03. The summed E-state index contributed by atoms with van der Waals surface area (Å²) in [6.45, 7) is 4.25. The van der Waals surface area contributed by atoms with Gasteiger partial charge in [-0.15, -0.1) is 4.36 Å². The molecule has 0 aromatic heterocycles. The normalized spacial score (nSPS) is 12.6. The standard InChI is InChI=1S/C19H20ClN3O4S/c1-13-5-11-18(12-6-13)28(27,22(4)14(2)24)21-19(26)23(15(3)25)17-9-7-16(20)8-10-17/h5-12H,1-4H3. The molecule has 0 spiro atoms. The number of imide groups is 1. The summed E-state index contributed by atoms with van der Waals surface area (Å²) in [5, 5.41) is 0.427. The van der Waals surface area contributed by atoms with E-state index in [4.69, 9.17) is 11.6 Å². The smallest absolute Gasteiger partial charge is 0.274 e. The summed E-state index contributed by atoms with van der Waals surface area (Å²) < 4.78 is 18.3. The second kappa shape index (κ2) is 8.53. The van der Waals surface area contributed by atoms with Gasteiger partial charge in [0.05, 0.1) is 10.6 Å². The molecule has 0 bridgehead atoms. The molecule has 2 rings (SSSR count). The van der Waals surface area contributed by atoms with Crippen LogP contribution in [-0.4, -0.2) is 33.4 Å². The molecule has 0 heterocycles. The highest BCUT2D eigenvalue weighted by Gasteiger charge is 2.27. The lowest BCUT2D eigenvalue weighted by atomic mass is 10.2. The van der Waals surface area contributed by atoms with Gasteiger partial charge >= 0.3 is 6.03 Å². The molecular weight excluding hydrogens is 402 g/mol. The SMILES string of the molecule is CC(=O)N(C(=O)N=S(=O)(c1ccc(C)cc1)N(C)C(C)=O)c1ccc(Cl)cc1. The van der Waals surface area contributed by atoms with Crippen LogP contribution in [0.25, 0.3) is 0 Å². The molecule has 0 aliphatic rings. The molecule has 2 aromatic carbocycles. The Morgan fingerprint density at radius 1 is 0.929 bits per heavy atom. The molecule has 148 valence electrons. The molecule has 0 aliphatic heterocycles. The lowest BCUT2D eigenvalue weighted by Crippen LogP contribution is -2.37. The van der Waals surface area contributed by atoms with E-state index in [1.165, 1.54) is 57.3 Å². The number of carbonyl (C=O) groups excluding carboxylic acids is 3. The van der Waals surface area contributed by atoms with E-state index in [0.717, 1.165) is 14.8 Å². The Bertz CT molecular complexity index is 1030. The van der Waals surface area contributed by atoms with E-state index in [9.17, 15) is 18.6 Å². The highest BCUT2D eigenvalue weighted by molar-refractivity contribution is 7.92. The van der Waals surface area contributed by atoms with Crippen molar-refractivity contribution in [1.82, 2.24) is 4.31 Å². The first-order valence-electron chi connectivity index (χ1n) is 8.25. The van der Waals surface area contributed by atoms with Gasteiger partial charge in [0.2, 0.25) is 11.8 Å². The minimum Gasteiger partial charge on any atom is -0.274 e. The largest absolute Gasteiger partial charge is 0.364 e. The summed E-state index contributed by atoms with van der Waals surface area (Å²) >= 11 is 5.85. The quantitative estimate of drug-likeness (QED) is 0.748. The molecule has 28 heavy (non-hydrogen) atoms. The number of aryl methyl sites for hydroxylation is 1. The Morgan fingerprint density at radius 2 is 1.46 bits per heavy atom. The van der Waals surface area contributed by atoms with Crippen LogP contribution in [0.15, 0.2) is 57.8 Å². The number of hydrogen-bond acceptors (Lipinski definition) is 4. The summed E-state index contributed by atoms with van der Waals surface area (Å²) in [5.74, 6) is -1.16. The molecule has 1 unspecified atom stereocenters. The minimum absolute atomic E-state index is 0.184. The van der Waals surface area contributed by atoms with Crippen LogP contribution >= 0.6 is 11.6 Å². The third kappa shape index (κ3) is 4.58. The third-order valence-corrected chi connectivity index (χ3v) is 6.48. The highest BCUT2D eigenvalue weighted by atomic mass is 35.5. The summed E-state index contributed by atoms with van der Waals surface area (Å²) in [5.41, 5.74) is 1.13. The molecule has 0 N–H and O–H groups in total. The highest BCUT2D eigenvalue weighted by Crippen LogP contribution is 2.23. The number of rotatable bonds is 3. The maximum absolute atomic E-state index is 13.6. The lowest BCUT2D eigenvalue weighted by Gasteiger charge is -2.22. The van der Waals surface area contributed by atoms with Crippen LogP contribution in [0.2, 0.25) is 5.02 Å². The number of amides is 4. The van der Waals surface area contributed by atoms with E-state index in [0.29, 0.717) is 5.02 Å². The summed E-state index contributed by atoms with van der Waals surface area (Å²) in [6.07, 6.45) is 0. The van der Waals surface area contributed by atoms with Gasteiger partial charge in [0.25, 0.3) is 0 Å². The van der Waals surface area contributed by atoms with Crippen LogP contribution < -0.4 is 4.90 Å². The van der Waals surface area contributed by atoms with Gasteiger partial charge in [-0.1, -0.05) is 29.3 Å². The van der Waals surface area contributed by atoms with Crippen molar-refractivity contribution < 1.29 is 18.6 Å². The fourth-order valence-electron chi connectivity index (χ4n) is 2.33. The fraction of sp³-hybridized carbons (Fsp3) is 0.211.